The van der Waals surface area contributed by atoms with E-state index in [1.54, 1.807) is 0 Å². The molecule has 0 aliphatic rings. The lowest BCUT2D eigenvalue weighted by Crippen LogP contribution is -1.83. The molecule has 0 atom stereocenters. The first kappa shape index (κ1) is 11.7. The second kappa shape index (κ2) is 8.79. The van der Waals surface area contributed by atoms with Crippen LogP contribution in [-0.2, 0) is 0 Å². The number of hydrogen-bond acceptors (Lipinski definition) is 1. The molecule has 1 nitrogen and oxygen atoms in total. The fourth-order valence-corrected chi connectivity index (χ4v) is 1.10. The van der Waals surface area contributed by atoms with Gasteiger partial charge >= 0.3 is 0 Å². The molecular weight excluding hydrogens is 148 g/mol. The van der Waals surface area contributed by atoms with E-state index in [0.717, 1.165) is 6.42 Å². The maximum atomic E-state index is 8.53. The second-order valence-corrected chi connectivity index (χ2v) is 3.60. The van der Waals surface area contributed by atoms with Crippen molar-refractivity contribution in [1.29, 1.82) is 0 Å². The van der Waals surface area contributed by atoms with Crippen molar-refractivity contribution in [2.24, 2.45) is 5.92 Å². The topological polar surface area (TPSA) is 20.2 Å². The van der Waals surface area contributed by atoms with E-state index in [0.29, 0.717) is 12.5 Å². The number of aliphatic hydroxyl groups is 1. The molecule has 0 aliphatic carbocycles. The monoisotopic (exact) mass is 170 g/mol. The van der Waals surface area contributed by atoms with Gasteiger partial charge in [-0.1, -0.05) is 38.8 Å². The molecule has 72 valence electrons. The van der Waals surface area contributed by atoms with Gasteiger partial charge in [-0.05, 0) is 25.2 Å². The summed E-state index contributed by atoms with van der Waals surface area (Å²) in [5.41, 5.74) is 0. The van der Waals surface area contributed by atoms with Crippen LogP contribution in [0.1, 0.15) is 46.0 Å². The van der Waals surface area contributed by atoms with Crippen LogP contribution in [0.3, 0.4) is 0 Å². The first-order chi connectivity index (χ1) is 5.77. The van der Waals surface area contributed by atoms with Gasteiger partial charge in [-0.2, -0.15) is 0 Å². The average molecular weight is 170 g/mol. The summed E-state index contributed by atoms with van der Waals surface area (Å²) >= 11 is 0. The minimum atomic E-state index is 0.349. The Morgan fingerprint density at radius 2 is 1.75 bits per heavy atom. The zero-order valence-electron chi connectivity index (χ0n) is 8.42. The third-order valence-corrected chi connectivity index (χ3v) is 1.80. The summed E-state index contributed by atoms with van der Waals surface area (Å²) in [4.78, 5) is 0. The fourth-order valence-electron chi connectivity index (χ4n) is 1.10. The predicted octanol–water partition coefficient (Wildman–Crippen LogP) is 3.14. The van der Waals surface area contributed by atoms with Gasteiger partial charge in [0.25, 0.3) is 0 Å². The second-order valence-electron chi connectivity index (χ2n) is 3.60. The SMILES string of the molecule is CC(C)C=CCCCCCCO. The summed E-state index contributed by atoms with van der Waals surface area (Å²) in [5, 5.41) is 8.53. The number of allylic oxidation sites excluding steroid dienone is 2. The Morgan fingerprint density at radius 1 is 1.08 bits per heavy atom. The molecule has 0 spiro atoms. The quantitative estimate of drug-likeness (QED) is 0.459. The van der Waals surface area contributed by atoms with Crippen LogP contribution < -0.4 is 0 Å². The highest BCUT2D eigenvalue weighted by Crippen LogP contribution is 2.04. The maximum absolute atomic E-state index is 8.53. The molecule has 0 radical (unpaired) electrons. The lowest BCUT2D eigenvalue weighted by molar-refractivity contribution is 0.282. The molecule has 0 bridgehead atoms. The zero-order chi connectivity index (χ0) is 9.23. The third-order valence-electron chi connectivity index (χ3n) is 1.80. The van der Waals surface area contributed by atoms with Crippen molar-refractivity contribution in [2.75, 3.05) is 6.61 Å². The van der Waals surface area contributed by atoms with Gasteiger partial charge in [0.2, 0.25) is 0 Å². The lowest BCUT2D eigenvalue weighted by Gasteiger charge is -1.96. The van der Waals surface area contributed by atoms with Gasteiger partial charge in [-0.15, -0.1) is 0 Å². The van der Waals surface area contributed by atoms with Crippen molar-refractivity contribution in [2.45, 2.75) is 46.0 Å². The smallest absolute Gasteiger partial charge is 0.0431 e. The van der Waals surface area contributed by atoms with Crippen molar-refractivity contribution in [3.8, 4) is 0 Å². The maximum Gasteiger partial charge on any atom is 0.0431 e. The number of hydrogen-bond donors (Lipinski definition) is 1. The molecular formula is C11H22O. The van der Waals surface area contributed by atoms with Crippen LogP contribution in [0.2, 0.25) is 0 Å². The summed E-state index contributed by atoms with van der Waals surface area (Å²) in [5.74, 6) is 0.683. The number of unbranched alkanes of at least 4 members (excludes halogenated alkanes) is 4. The summed E-state index contributed by atoms with van der Waals surface area (Å²) in [7, 11) is 0. The van der Waals surface area contributed by atoms with Crippen molar-refractivity contribution in [3.05, 3.63) is 12.2 Å². The first-order valence-electron chi connectivity index (χ1n) is 5.05. The minimum Gasteiger partial charge on any atom is -0.396 e. The van der Waals surface area contributed by atoms with Crippen LogP contribution in [0.4, 0.5) is 0 Å². The molecule has 0 rings (SSSR count). The van der Waals surface area contributed by atoms with Gasteiger partial charge in [-0.3, -0.25) is 0 Å². The molecule has 0 unspecified atom stereocenters. The molecule has 0 saturated carbocycles. The molecule has 1 heteroatoms. The highest BCUT2D eigenvalue weighted by molar-refractivity contribution is 4.83. The molecule has 0 fully saturated rings. The van der Waals surface area contributed by atoms with E-state index in [1.807, 2.05) is 0 Å². The molecule has 0 aromatic rings. The van der Waals surface area contributed by atoms with Crippen LogP contribution in [0.15, 0.2) is 12.2 Å². The third kappa shape index (κ3) is 9.70. The predicted molar refractivity (Wildman–Crippen MR) is 54.1 cm³/mol. The van der Waals surface area contributed by atoms with E-state index in [9.17, 15) is 0 Å². The summed E-state index contributed by atoms with van der Waals surface area (Å²) in [6.45, 7) is 4.74. The van der Waals surface area contributed by atoms with E-state index >= 15 is 0 Å². The zero-order valence-corrected chi connectivity index (χ0v) is 8.42. The Morgan fingerprint density at radius 3 is 2.33 bits per heavy atom. The van der Waals surface area contributed by atoms with Crippen LogP contribution in [0.5, 0.6) is 0 Å². The lowest BCUT2D eigenvalue weighted by atomic mass is 10.1. The van der Waals surface area contributed by atoms with Gasteiger partial charge in [0.15, 0.2) is 0 Å². The largest absolute Gasteiger partial charge is 0.396 e. The summed E-state index contributed by atoms with van der Waals surface area (Å²) in [6, 6.07) is 0. The van der Waals surface area contributed by atoms with Gasteiger partial charge in [0, 0.05) is 6.61 Å². The Hall–Kier alpha value is -0.300. The first-order valence-corrected chi connectivity index (χ1v) is 5.05. The Balaban J connectivity index is 3.00. The molecule has 1 N–H and O–H groups in total. The van der Waals surface area contributed by atoms with Crippen LogP contribution in [0, 0.1) is 5.92 Å². The standard InChI is InChI=1S/C11H22O/c1-11(2)9-7-5-3-4-6-8-10-12/h7,9,11-12H,3-6,8,10H2,1-2H3. The van der Waals surface area contributed by atoms with Crippen molar-refractivity contribution in [1.82, 2.24) is 0 Å². The van der Waals surface area contributed by atoms with E-state index in [4.69, 9.17) is 5.11 Å². The van der Waals surface area contributed by atoms with Crippen LogP contribution >= 0.6 is 0 Å². The van der Waals surface area contributed by atoms with E-state index in [1.165, 1.54) is 25.7 Å². The number of rotatable bonds is 7. The van der Waals surface area contributed by atoms with E-state index in [-0.39, 0.29) is 0 Å². The van der Waals surface area contributed by atoms with Gasteiger partial charge < -0.3 is 5.11 Å². The van der Waals surface area contributed by atoms with E-state index in [2.05, 4.69) is 26.0 Å². The van der Waals surface area contributed by atoms with Gasteiger partial charge in [0.05, 0.1) is 0 Å². The normalized spacial score (nSPS) is 11.7. The van der Waals surface area contributed by atoms with Crippen molar-refractivity contribution >= 4 is 0 Å². The molecule has 0 aliphatic heterocycles. The molecule has 12 heavy (non-hydrogen) atoms. The highest BCUT2D eigenvalue weighted by Gasteiger charge is 1.87. The summed E-state index contributed by atoms with van der Waals surface area (Å²) in [6.07, 6.45) is 10.4. The van der Waals surface area contributed by atoms with Gasteiger partial charge in [-0.25, -0.2) is 0 Å². The fraction of sp³-hybridized carbons (Fsp3) is 0.818. The van der Waals surface area contributed by atoms with Crippen LogP contribution in [0.25, 0.3) is 0 Å². The minimum absolute atomic E-state index is 0.349. The van der Waals surface area contributed by atoms with E-state index < -0.39 is 0 Å². The molecule has 0 saturated heterocycles. The molecule has 0 aromatic heterocycles. The summed E-state index contributed by atoms with van der Waals surface area (Å²) < 4.78 is 0. The van der Waals surface area contributed by atoms with Gasteiger partial charge in [0.1, 0.15) is 0 Å². The Bertz CT molecular complexity index is 106. The molecule has 0 heterocycles. The highest BCUT2D eigenvalue weighted by atomic mass is 16.2. The van der Waals surface area contributed by atoms with Crippen molar-refractivity contribution in [3.63, 3.8) is 0 Å². The van der Waals surface area contributed by atoms with Crippen molar-refractivity contribution < 1.29 is 5.11 Å². The molecule has 0 aromatic carbocycles. The molecule has 0 amide bonds. The van der Waals surface area contributed by atoms with Crippen LogP contribution in [-0.4, -0.2) is 11.7 Å². The number of aliphatic hydroxyl groups excluding tert-OH is 1. The Kier molecular flexibility index (Phi) is 8.57. The Labute approximate surface area is 76.5 Å². The average Bonchev–Trinajstić information content (AvgIpc) is 2.02.